The minimum Gasteiger partial charge on any atom is -0.481 e. The van der Waals surface area contributed by atoms with Gasteiger partial charge in [0.25, 0.3) is 0 Å². The fourth-order valence-electron chi connectivity index (χ4n) is 8.31. The number of aliphatic hydroxyl groups excluding tert-OH is 1. The molecule has 1 rings (SSSR count). The smallest absolute Gasteiger partial charge is 0.481 e. The molecule has 0 fully saturated rings. The number of phosphoric acid groups is 2. The number of hydrogen-bond donors (Lipinski definition) is 23. The average molecular weight is 1400 g/mol. The fraction of sp³-hybridized carbons (Fsp3) is 0.596. The first-order valence-electron chi connectivity index (χ1n) is 28.9. The van der Waals surface area contributed by atoms with Crippen LogP contribution in [0.2, 0.25) is 0 Å². The van der Waals surface area contributed by atoms with Crippen molar-refractivity contribution in [1.82, 2.24) is 58.5 Å². The molecule has 0 aliphatic heterocycles. The quantitative estimate of drug-likeness (QED) is 0.0125. The van der Waals surface area contributed by atoms with Crippen molar-refractivity contribution in [3.8, 4) is 5.75 Å². The maximum absolute atomic E-state index is 14.2. The summed E-state index contributed by atoms with van der Waals surface area (Å²) >= 11 is 0. The van der Waals surface area contributed by atoms with E-state index in [2.05, 4.69) is 62.2 Å². The first-order chi connectivity index (χ1) is 43.9. The fourth-order valence-corrected chi connectivity index (χ4v) is 9.26. The molecule has 25 N–H and O–H groups in total. The van der Waals surface area contributed by atoms with E-state index >= 15 is 0 Å². The number of guanidine groups is 1. The maximum atomic E-state index is 14.2. The summed E-state index contributed by atoms with van der Waals surface area (Å²) in [4.78, 5) is 221. The highest BCUT2D eigenvalue weighted by Gasteiger charge is 2.38. The molecular formula is C52H84N14O27P2. The van der Waals surface area contributed by atoms with Crippen molar-refractivity contribution in [3.63, 3.8) is 0 Å². The number of unbranched alkanes of at least 4 members (excludes halogenated alkanes) is 1. The van der Waals surface area contributed by atoms with Crippen molar-refractivity contribution in [3.05, 3.63) is 29.8 Å². The van der Waals surface area contributed by atoms with Gasteiger partial charge in [0.1, 0.15) is 60.1 Å². The van der Waals surface area contributed by atoms with Crippen LogP contribution >= 0.6 is 15.6 Å². The number of aliphatic hydroxyl groups is 1. The monoisotopic (exact) mass is 1400 g/mol. The first-order valence-corrected chi connectivity index (χ1v) is 32.0. The van der Waals surface area contributed by atoms with E-state index in [1.807, 2.05) is 5.32 Å². The molecule has 534 valence electrons. The summed E-state index contributed by atoms with van der Waals surface area (Å²) in [6, 6.07) is -13.3. The number of carboxylic acids is 4. The Balaban J connectivity index is 3.61. The van der Waals surface area contributed by atoms with E-state index in [1.54, 1.807) is 6.92 Å². The van der Waals surface area contributed by atoms with Crippen LogP contribution in [0.5, 0.6) is 5.75 Å². The van der Waals surface area contributed by atoms with Crippen LogP contribution < -0.4 is 74.5 Å². The van der Waals surface area contributed by atoms with Crippen LogP contribution in [0.25, 0.3) is 0 Å². The summed E-state index contributed by atoms with van der Waals surface area (Å²) < 4.78 is 32.8. The highest BCUT2D eigenvalue weighted by Crippen LogP contribution is 2.38. The second-order valence-electron chi connectivity index (χ2n) is 21.7. The van der Waals surface area contributed by atoms with Gasteiger partial charge in [0.2, 0.25) is 59.1 Å². The molecule has 0 heterocycles. The second-order valence-corrected chi connectivity index (χ2v) is 24.0. The predicted molar refractivity (Wildman–Crippen MR) is 324 cm³/mol. The summed E-state index contributed by atoms with van der Waals surface area (Å²) in [7, 11) is -10.6. The molecule has 0 bridgehead atoms. The Labute approximate surface area is 541 Å². The van der Waals surface area contributed by atoms with Gasteiger partial charge in [-0.15, -0.1) is 0 Å². The lowest BCUT2D eigenvalue weighted by Crippen LogP contribution is -2.61. The lowest BCUT2D eigenvalue weighted by molar-refractivity contribution is -0.143. The molecule has 0 spiro atoms. The second kappa shape index (κ2) is 40.3. The van der Waals surface area contributed by atoms with E-state index < -0.39 is 216 Å². The molecule has 1 aromatic rings. The number of rotatable bonds is 44. The Hall–Kier alpha value is -8.95. The van der Waals surface area contributed by atoms with Gasteiger partial charge in [0.15, 0.2) is 5.96 Å². The van der Waals surface area contributed by atoms with Crippen LogP contribution in [-0.4, -0.2) is 220 Å². The number of nitrogens with two attached hydrogens (primary N) is 2. The zero-order valence-corrected chi connectivity index (χ0v) is 54.0. The normalized spacial score (nSPS) is 15.2. The van der Waals surface area contributed by atoms with Crippen molar-refractivity contribution in [2.75, 3.05) is 13.1 Å². The minimum absolute atomic E-state index is 0.0711. The molecule has 0 saturated carbocycles. The number of carbonyl (C=O) groups is 14. The van der Waals surface area contributed by atoms with Crippen LogP contribution in [-0.2, 0) is 87.2 Å². The molecule has 0 saturated heterocycles. The van der Waals surface area contributed by atoms with Crippen molar-refractivity contribution in [1.29, 1.82) is 5.41 Å². The van der Waals surface area contributed by atoms with Crippen molar-refractivity contribution < 1.29 is 130 Å². The molecule has 41 nitrogen and oxygen atoms in total. The Morgan fingerprint density at radius 2 is 1.03 bits per heavy atom. The van der Waals surface area contributed by atoms with E-state index in [0.717, 1.165) is 32.9 Å². The van der Waals surface area contributed by atoms with E-state index in [4.69, 9.17) is 22.0 Å². The SMILES string of the molecule is CCCC[C@H](NC(=O)[C@H](CCC(=O)O)NC(=O)[C@H](CC(=O)O)NC(=O)[C@@H](N)CC(=O)O)C(=O)N[C@H](C(=O)NCC(=O)N[C@@H](Cc1ccc(OP(=O)(O)O)cc1)C(=O)N[C@H](C(=O)N[C@@H](C)C(=O)N[C@H](C(=O)N[C@@H](CCCNC(=N)N)C(=O)O)[C@@H](C)O)C(C)C)[C@@H](C)OP(=O)(O)O. The lowest BCUT2D eigenvalue weighted by Gasteiger charge is -2.28. The molecule has 0 aliphatic carbocycles. The molecule has 95 heavy (non-hydrogen) atoms. The molecule has 0 unspecified atom stereocenters. The van der Waals surface area contributed by atoms with Gasteiger partial charge in [-0.25, -0.2) is 13.9 Å². The van der Waals surface area contributed by atoms with Gasteiger partial charge >= 0.3 is 39.5 Å². The van der Waals surface area contributed by atoms with Crippen LogP contribution in [0.1, 0.15) is 105 Å². The highest BCUT2D eigenvalue weighted by molar-refractivity contribution is 7.46. The molecule has 10 amide bonds. The molecule has 12 atom stereocenters. The predicted octanol–water partition coefficient (Wildman–Crippen LogP) is -6.59. The third kappa shape index (κ3) is 33.6. The summed E-state index contributed by atoms with van der Waals surface area (Å²) in [5, 5.41) is 79.7. The molecule has 0 aromatic heterocycles. The molecule has 0 aliphatic rings. The van der Waals surface area contributed by atoms with Crippen molar-refractivity contribution in [2.45, 2.75) is 178 Å². The Morgan fingerprint density at radius 3 is 1.54 bits per heavy atom. The van der Waals surface area contributed by atoms with Gasteiger partial charge in [0, 0.05) is 19.4 Å². The average Bonchev–Trinajstić information content (AvgIpc) is 0.959. The maximum Gasteiger partial charge on any atom is 0.524 e. The number of hydrogen-bond acceptors (Lipinski definition) is 21. The first kappa shape index (κ1) is 84.1. The number of benzene rings is 1. The van der Waals surface area contributed by atoms with Crippen molar-refractivity contribution >= 4 is 105 Å². The largest absolute Gasteiger partial charge is 0.524 e. The number of carboxylic acid groups (broad SMARTS) is 4. The van der Waals surface area contributed by atoms with Crippen molar-refractivity contribution in [2.24, 2.45) is 17.4 Å². The zero-order valence-electron chi connectivity index (χ0n) is 52.2. The number of carbonyl (C=O) groups excluding carboxylic acids is 10. The van der Waals surface area contributed by atoms with Crippen LogP contribution in [0, 0.1) is 11.3 Å². The van der Waals surface area contributed by atoms with E-state index in [9.17, 15) is 116 Å². The van der Waals surface area contributed by atoms with Crippen LogP contribution in [0.15, 0.2) is 24.3 Å². The number of nitrogens with one attached hydrogen (secondary N) is 12. The van der Waals surface area contributed by atoms with Gasteiger partial charge in [0.05, 0.1) is 37.6 Å². The minimum atomic E-state index is -5.54. The van der Waals surface area contributed by atoms with Gasteiger partial charge < -0.3 is 110 Å². The zero-order chi connectivity index (χ0) is 72.8. The van der Waals surface area contributed by atoms with Gasteiger partial charge in [-0.1, -0.05) is 45.7 Å². The van der Waals surface area contributed by atoms with E-state index in [0.29, 0.717) is 6.42 Å². The Kier molecular flexibility index (Phi) is 35.7. The van der Waals surface area contributed by atoms with E-state index in [-0.39, 0.29) is 49.5 Å². The van der Waals surface area contributed by atoms with Gasteiger partial charge in [-0.3, -0.25) is 82.0 Å². The standard InChI is InChI=1S/C52H84N14O27P2/c1-7-8-10-30(60-44(77)31(16-17-36(69)70)61-46(79)34(21-38(73)74)63-43(76)29(53)20-37(71)72)45(78)66-41(26(6)92-94(86,87)88)48(81)57-22-35(68)59-33(19-27-12-14-28(15-13-27)93-95(89,90)91)47(80)64-39(23(2)3)49(82)58-24(4)42(75)65-40(25(5)67)50(83)62-32(51(84)85)11-9-18-56-52(54)55/h12-15,23-26,29-34,39-41,67H,7-11,16-22,53H2,1-6H3,(H,57,81)(H,58,82)(H,59,68)(H,60,77)(H,61,79)(H,62,83)(H,63,76)(H,64,80)(H,65,75)(H,66,78)(H,69,70)(H,71,72)(H,73,74)(H,84,85)(H4,54,55,56)(H2,86,87,88)(H2,89,90,91)/t24-,25+,26+,29-,30-,31-,32-,33-,34-,39-,40-,41-/m0/s1. The molecule has 1 aromatic carbocycles. The Bertz CT molecular complexity index is 3000. The molecule has 43 heteroatoms. The summed E-state index contributed by atoms with van der Waals surface area (Å²) in [5.74, 6) is -20.2. The topological polar surface area (TPSA) is 682 Å². The Morgan fingerprint density at radius 1 is 0.537 bits per heavy atom. The number of phosphoric ester groups is 2. The third-order valence-electron chi connectivity index (χ3n) is 13.2. The van der Waals surface area contributed by atoms with Gasteiger partial charge in [-0.05, 0) is 70.1 Å². The van der Waals surface area contributed by atoms with E-state index in [1.165, 1.54) is 26.0 Å². The van der Waals surface area contributed by atoms with Gasteiger partial charge in [-0.2, -0.15) is 0 Å². The van der Waals surface area contributed by atoms with Crippen LogP contribution in [0.3, 0.4) is 0 Å². The molecule has 0 radical (unpaired) electrons. The highest BCUT2D eigenvalue weighted by atomic mass is 31.2. The number of amides is 10. The summed E-state index contributed by atoms with van der Waals surface area (Å²) in [6.07, 6.45) is -7.81. The number of aliphatic carboxylic acids is 4. The lowest BCUT2D eigenvalue weighted by atomic mass is 10.0. The molecular weight excluding hydrogens is 1310 g/mol. The summed E-state index contributed by atoms with van der Waals surface area (Å²) in [6.45, 7) is 6.61. The third-order valence-corrected chi connectivity index (χ3v) is 14.2. The summed E-state index contributed by atoms with van der Waals surface area (Å²) in [5.41, 5.74) is 10.9. The van der Waals surface area contributed by atoms with Crippen LogP contribution in [0.4, 0.5) is 0 Å².